The minimum absolute atomic E-state index is 0.424. The zero-order valence-electron chi connectivity index (χ0n) is 10.5. The molecule has 0 spiro atoms. The van der Waals surface area contributed by atoms with Gasteiger partial charge < -0.3 is 5.73 Å². The highest BCUT2D eigenvalue weighted by atomic mass is 15.2. The predicted octanol–water partition coefficient (Wildman–Crippen LogP) is 2.38. The summed E-state index contributed by atoms with van der Waals surface area (Å²) in [5, 5.41) is 0. The third-order valence-electron chi connectivity index (χ3n) is 5.53. The summed E-state index contributed by atoms with van der Waals surface area (Å²) in [5.74, 6) is 1.94. The van der Waals surface area contributed by atoms with Crippen LogP contribution in [0.25, 0.3) is 0 Å². The standard InChI is InChI=1S/C14H26N2/c15-11-14(10-12-5-6-13(14)9-12)16-7-3-1-2-4-8-16/h12-13H,1-11,15H2. The van der Waals surface area contributed by atoms with E-state index in [-0.39, 0.29) is 0 Å². The molecule has 3 aliphatic rings. The van der Waals surface area contributed by atoms with Gasteiger partial charge in [-0.05, 0) is 57.0 Å². The first kappa shape index (κ1) is 11.0. The van der Waals surface area contributed by atoms with E-state index in [1.165, 1.54) is 64.5 Å². The van der Waals surface area contributed by atoms with Gasteiger partial charge in [-0.2, -0.15) is 0 Å². The lowest BCUT2D eigenvalue weighted by Gasteiger charge is -2.46. The first-order chi connectivity index (χ1) is 7.85. The van der Waals surface area contributed by atoms with Crippen LogP contribution in [0, 0.1) is 11.8 Å². The lowest BCUT2D eigenvalue weighted by Crippen LogP contribution is -2.57. The molecular weight excluding hydrogens is 196 g/mol. The molecule has 2 nitrogen and oxygen atoms in total. The van der Waals surface area contributed by atoms with Crippen LogP contribution in [0.3, 0.4) is 0 Å². The average molecular weight is 222 g/mol. The summed E-state index contributed by atoms with van der Waals surface area (Å²) < 4.78 is 0. The monoisotopic (exact) mass is 222 g/mol. The molecule has 1 heterocycles. The van der Waals surface area contributed by atoms with Crippen molar-refractivity contribution in [2.45, 2.75) is 56.9 Å². The van der Waals surface area contributed by atoms with Crippen LogP contribution in [-0.2, 0) is 0 Å². The van der Waals surface area contributed by atoms with Gasteiger partial charge in [0.05, 0.1) is 0 Å². The number of rotatable bonds is 2. The molecule has 2 bridgehead atoms. The van der Waals surface area contributed by atoms with Gasteiger partial charge in [0.25, 0.3) is 0 Å². The van der Waals surface area contributed by atoms with Crippen molar-refractivity contribution in [2.24, 2.45) is 17.6 Å². The van der Waals surface area contributed by atoms with Crippen molar-refractivity contribution >= 4 is 0 Å². The number of hydrogen-bond donors (Lipinski definition) is 1. The highest BCUT2D eigenvalue weighted by molar-refractivity contribution is 5.08. The maximum absolute atomic E-state index is 6.20. The van der Waals surface area contributed by atoms with Crippen LogP contribution in [-0.4, -0.2) is 30.1 Å². The molecule has 2 saturated carbocycles. The number of nitrogens with zero attached hydrogens (tertiary/aromatic N) is 1. The van der Waals surface area contributed by atoms with E-state index in [1.807, 2.05) is 0 Å². The molecule has 0 aromatic rings. The zero-order chi connectivity index (χ0) is 11.0. The Morgan fingerprint density at radius 3 is 2.31 bits per heavy atom. The zero-order valence-corrected chi connectivity index (χ0v) is 10.5. The largest absolute Gasteiger partial charge is 0.329 e. The smallest absolute Gasteiger partial charge is 0.0362 e. The summed E-state index contributed by atoms with van der Waals surface area (Å²) in [6, 6.07) is 0. The molecule has 3 fully saturated rings. The van der Waals surface area contributed by atoms with Gasteiger partial charge >= 0.3 is 0 Å². The summed E-state index contributed by atoms with van der Waals surface area (Å²) in [6.07, 6.45) is 11.5. The summed E-state index contributed by atoms with van der Waals surface area (Å²) in [5.41, 5.74) is 6.62. The van der Waals surface area contributed by atoms with Crippen molar-refractivity contribution in [2.75, 3.05) is 19.6 Å². The normalized spacial score (nSPS) is 44.8. The first-order valence-electron chi connectivity index (χ1n) is 7.30. The van der Waals surface area contributed by atoms with Crippen LogP contribution in [0.15, 0.2) is 0 Å². The van der Waals surface area contributed by atoms with E-state index in [4.69, 9.17) is 5.73 Å². The molecule has 16 heavy (non-hydrogen) atoms. The topological polar surface area (TPSA) is 29.3 Å². The molecule has 0 aromatic carbocycles. The Morgan fingerprint density at radius 2 is 1.81 bits per heavy atom. The fourth-order valence-electron chi connectivity index (χ4n) is 4.70. The van der Waals surface area contributed by atoms with Crippen LogP contribution >= 0.6 is 0 Å². The van der Waals surface area contributed by atoms with Gasteiger partial charge in [0.2, 0.25) is 0 Å². The van der Waals surface area contributed by atoms with E-state index < -0.39 is 0 Å². The minimum atomic E-state index is 0.424. The van der Waals surface area contributed by atoms with Crippen LogP contribution in [0.2, 0.25) is 0 Å². The van der Waals surface area contributed by atoms with Gasteiger partial charge in [0, 0.05) is 12.1 Å². The Hall–Kier alpha value is -0.0800. The Balaban J connectivity index is 1.78. The lowest BCUT2D eigenvalue weighted by atomic mass is 9.79. The quantitative estimate of drug-likeness (QED) is 0.777. The Bertz CT molecular complexity index is 245. The van der Waals surface area contributed by atoms with Gasteiger partial charge in [-0.3, -0.25) is 4.90 Å². The van der Waals surface area contributed by atoms with E-state index >= 15 is 0 Å². The molecule has 0 radical (unpaired) electrons. The fraction of sp³-hybridized carbons (Fsp3) is 1.00. The summed E-state index contributed by atoms with van der Waals surface area (Å²) >= 11 is 0. The maximum atomic E-state index is 6.20. The van der Waals surface area contributed by atoms with E-state index in [0.29, 0.717) is 5.54 Å². The summed E-state index contributed by atoms with van der Waals surface area (Å²) in [7, 11) is 0. The summed E-state index contributed by atoms with van der Waals surface area (Å²) in [6.45, 7) is 3.55. The second-order valence-corrected chi connectivity index (χ2v) is 6.29. The molecule has 0 aromatic heterocycles. The molecule has 2 aliphatic carbocycles. The molecule has 1 aliphatic heterocycles. The Labute approximate surface area is 99.6 Å². The second kappa shape index (κ2) is 4.30. The van der Waals surface area contributed by atoms with Crippen molar-refractivity contribution in [3.8, 4) is 0 Å². The summed E-state index contributed by atoms with van der Waals surface area (Å²) in [4.78, 5) is 2.80. The first-order valence-corrected chi connectivity index (χ1v) is 7.30. The highest BCUT2D eigenvalue weighted by Crippen LogP contribution is 2.53. The molecule has 3 unspecified atom stereocenters. The number of hydrogen-bond acceptors (Lipinski definition) is 2. The van der Waals surface area contributed by atoms with Crippen molar-refractivity contribution in [1.29, 1.82) is 0 Å². The second-order valence-electron chi connectivity index (χ2n) is 6.29. The van der Waals surface area contributed by atoms with Gasteiger partial charge in [0.15, 0.2) is 0 Å². The van der Waals surface area contributed by atoms with Crippen LogP contribution in [0.5, 0.6) is 0 Å². The van der Waals surface area contributed by atoms with Gasteiger partial charge in [-0.15, -0.1) is 0 Å². The van der Waals surface area contributed by atoms with Crippen LogP contribution < -0.4 is 5.73 Å². The molecule has 2 heteroatoms. The number of nitrogens with two attached hydrogens (primary N) is 1. The van der Waals surface area contributed by atoms with Gasteiger partial charge in [-0.25, -0.2) is 0 Å². The van der Waals surface area contributed by atoms with Crippen molar-refractivity contribution in [3.05, 3.63) is 0 Å². The molecule has 0 amide bonds. The van der Waals surface area contributed by atoms with Crippen molar-refractivity contribution < 1.29 is 0 Å². The molecular formula is C14H26N2. The van der Waals surface area contributed by atoms with E-state index in [2.05, 4.69) is 4.90 Å². The predicted molar refractivity (Wildman–Crippen MR) is 67.3 cm³/mol. The third kappa shape index (κ3) is 1.62. The van der Waals surface area contributed by atoms with E-state index in [1.54, 1.807) is 0 Å². The average Bonchev–Trinajstić information content (AvgIpc) is 2.80. The Kier molecular flexibility index (Phi) is 2.97. The SMILES string of the molecule is NCC1(N2CCCCCC2)CC2CCC1C2. The number of likely N-dealkylation sites (tertiary alicyclic amines) is 1. The van der Waals surface area contributed by atoms with E-state index in [9.17, 15) is 0 Å². The molecule has 3 rings (SSSR count). The highest BCUT2D eigenvalue weighted by Gasteiger charge is 2.52. The molecule has 1 saturated heterocycles. The maximum Gasteiger partial charge on any atom is 0.0362 e. The minimum Gasteiger partial charge on any atom is -0.329 e. The fourth-order valence-corrected chi connectivity index (χ4v) is 4.70. The number of fused-ring (bicyclic) bond motifs is 2. The Morgan fingerprint density at radius 1 is 1.06 bits per heavy atom. The molecule has 2 N–H and O–H groups in total. The molecule has 3 atom stereocenters. The lowest BCUT2D eigenvalue weighted by molar-refractivity contribution is 0.0445. The third-order valence-corrected chi connectivity index (χ3v) is 5.53. The van der Waals surface area contributed by atoms with Crippen LogP contribution in [0.1, 0.15) is 51.4 Å². The van der Waals surface area contributed by atoms with Gasteiger partial charge in [-0.1, -0.05) is 19.3 Å². The molecule has 92 valence electrons. The van der Waals surface area contributed by atoms with Crippen molar-refractivity contribution in [1.82, 2.24) is 4.90 Å². The van der Waals surface area contributed by atoms with Crippen LogP contribution in [0.4, 0.5) is 0 Å². The van der Waals surface area contributed by atoms with Crippen molar-refractivity contribution in [3.63, 3.8) is 0 Å². The van der Waals surface area contributed by atoms with Gasteiger partial charge in [0.1, 0.15) is 0 Å². The van der Waals surface area contributed by atoms with E-state index in [0.717, 1.165) is 18.4 Å².